The third-order valence-electron chi connectivity index (χ3n) is 9.16. The topological polar surface area (TPSA) is 155 Å². The summed E-state index contributed by atoms with van der Waals surface area (Å²) in [5, 5.41) is 30.6. The molecular formula is C46H82NO10P. The number of nitrogens with zero attached hydrogens (tertiary/aromatic N) is 1. The minimum absolute atomic E-state index is 0.0523. The molecule has 0 aromatic rings. The summed E-state index contributed by atoms with van der Waals surface area (Å²) >= 11 is 0. The first-order chi connectivity index (χ1) is 27.8. The van der Waals surface area contributed by atoms with E-state index in [2.05, 4.69) is 26.0 Å². The van der Waals surface area contributed by atoms with Gasteiger partial charge in [0, 0.05) is 6.42 Å². The number of hydrogen-bond acceptors (Lipinski definition) is 10. The predicted molar refractivity (Wildman–Crippen MR) is 235 cm³/mol. The normalized spacial score (nSPS) is 16.0. The molecule has 0 aromatic carbocycles. The quantitative estimate of drug-likeness (QED) is 0.0104. The largest absolute Gasteiger partial charge is 0.756 e. The summed E-state index contributed by atoms with van der Waals surface area (Å²) in [4.78, 5) is 25.1. The summed E-state index contributed by atoms with van der Waals surface area (Å²) in [7, 11) is 1.09. The SMILES string of the molecule is CCCCCCCC/C=C\CCCCCC/C=C/OC[C@H](COP(=O)([O-])OCC[N+](C)(C)C)OC(=O)CCC[C@H](O)[C@@H](O)/C=C/C=C/C=C\C=C\[C@@H](O)CCCCC. The number of carbonyl (C=O) groups excluding carboxylic acids is 1. The van der Waals surface area contributed by atoms with Crippen molar-refractivity contribution < 1.29 is 52.6 Å². The Morgan fingerprint density at radius 1 is 0.672 bits per heavy atom. The lowest BCUT2D eigenvalue weighted by atomic mass is 10.1. The second kappa shape index (κ2) is 37.6. The Kier molecular flexibility index (Phi) is 36.1. The number of phosphoric acid groups is 1. The highest BCUT2D eigenvalue weighted by atomic mass is 31.2. The van der Waals surface area contributed by atoms with Crippen LogP contribution in [0.25, 0.3) is 0 Å². The Hall–Kier alpha value is -2.34. The summed E-state index contributed by atoms with van der Waals surface area (Å²) in [5.41, 5.74) is 0. The Morgan fingerprint density at radius 2 is 1.22 bits per heavy atom. The molecule has 3 N–H and O–H groups in total. The molecule has 0 amide bonds. The fraction of sp³-hybridized carbons (Fsp3) is 0.717. The monoisotopic (exact) mass is 840 g/mol. The van der Waals surface area contributed by atoms with Crippen molar-refractivity contribution in [1.29, 1.82) is 0 Å². The van der Waals surface area contributed by atoms with Gasteiger partial charge in [0.05, 0.1) is 52.3 Å². The van der Waals surface area contributed by atoms with Crippen LogP contribution in [0.5, 0.6) is 0 Å². The van der Waals surface area contributed by atoms with Gasteiger partial charge in [-0.15, -0.1) is 0 Å². The van der Waals surface area contributed by atoms with Crippen LogP contribution in [0.3, 0.4) is 0 Å². The molecule has 0 aliphatic heterocycles. The minimum atomic E-state index is -4.64. The maximum Gasteiger partial charge on any atom is 0.306 e. The summed E-state index contributed by atoms with van der Waals surface area (Å²) in [6, 6.07) is 0. The second-order valence-corrected chi connectivity index (χ2v) is 17.4. The van der Waals surface area contributed by atoms with Crippen LogP contribution in [0.15, 0.2) is 73.1 Å². The molecule has 0 bridgehead atoms. The number of unbranched alkanes of at least 4 members (excludes halogenated alkanes) is 13. The molecular weight excluding hydrogens is 757 g/mol. The van der Waals surface area contributed by atoms with Crippen LogP contribution in [0.2, 0.25) is 0 Å². The van der Waals surface area contributed by atoms with Gasteiger partial charge in [-0.2, -0.15) is 0 Å². The Balaban J connectivity index is 4.67. The number of ether oxygens (including phenoxy) is 2. The smallest absolute Gasteiger partial charge is 0.306 e. The van der Waals surface area contributed by atoms with Crippen LogP contribution in [-0.2, 0) is 27.9 Å². The van der Waals surface area contributed by atoms with Crippen LogP contribution in [0.4, 0.5) is 0 Å². The molecule has 0 saturated carbocycles. The van der Waals surface area contributed by atoms with Crippen LogP contribution in [-0.4, -0.2) is 97.7 Å². The highest BCUT2D eigenvalue weighted by molar-refractivity contribution is 7.45. The van der Waals surface area contributed by atoms with E-state index in [9.17, 15) is 29.6 Å². The zero-order chi connectivity index (χ0) is 43.2. The van der Waals surface area contributed by atoms with Crippen LogP contribution in [0.1, 0.15) is 142 Å². The molecule has 11 nitrogen and oxygen atoms in total. The van der Waals surface area contributed by atoms with Crippen molar-refractivity contribution in [1.82, 2.24) is 0 Å². The van der Waals surface area contributed by atoms with Crippen molar-refractivity contribution in [2.45, 2.75) is 167 Å². The summed E-state index contributed by atoms with van der Waals surface area (Å²) in [5.74, 6) is -0.611. The van der Waals surface area contributed by atoms with E-state index in [1.54, 1.807) is 42.5 Å². The molecule has 0 saturated heterocycles. The van der Waals surface area contributed by atoms with Crippen molar-refractivity contribution in [3.8, 4) is 0 Å². The summed E-state index contributed by atoms with van der Waals surface area (Å²) < 4.78 is 34.0. The molecule has 1 unspecified atom stereocenters. The predicted octanol–water partition coefficient (Wildman–Crippen LogP) is 9.34. The van der Waals surface area contributed by atoms with E-state index in [1.165, 1.54) is 70.1 Å². The molecule has 12 heteroatoms. The number of allylic oxidation sites excluding steroid dienone is 9. The molecule has 336 valence electrons. The van der Waals surface area contributed by atoms with E-state index in [1.807, 2.05) is 27.2 Å². The lowest BCUT2D eigenvalue weighted by Crippen LogP contribution is -2.37. The zero-order valence-electron chi connectivity index (χ0n) is 36.8. The molecule has 0 fully saturated rings. The zero-order valence-corrected chi connectivity index (χ0v) is 37.7. The number of rotatable bonds is 39. The Morgan fingerprint density at radius 3 is 1.84 bits per heavy atom. The number of likely N-dealkylation sites (N-methyl/N-ethyl adjacent to an activating group) is 1. The maximum absolute atomic E-state index is 12.7. The first kappa shape index (κ1) is 55.7. The highest BCUT2D eigenvalue weighted by Gasteiger charge is 2.21. The molecule has 0 rings (SSSR count). The average molecular weight is 840 g/mol. The third kappa shape index (κ3) is 39.1. The molecule has 0 aliphatic rings. The number of carbonyl (C=O) groups is 1. The number of esters is 1. The molecule has 0 aliphatic carbocycles. The average Bonchev–Trinajstić information content (AvgIpc) is 3.16. The fourth-order valence-corrected chi connectivity index (χ4v) is 6.26. The maximum atomic E-state index is 12.7. The molecule has 0 heterocycles. The van der Waals surface area contributed by atoms with Crippen molar-refractivity contribution in [2.24, 2.45) is 0 Å². The molecule has 5 atom stereocenters. The fourth-order valence-electron chi connectivity index (χ4n) is 5.54. The van der Waals surface area contributed by atoms with E-state index in [4.69, 9.17) is 18.5 Å². The number of phosphoric ester groups is 1. The van der Waals surface area contributed by atoms with E-state index < -0.39 is 44.8 Å². The van der Waals surface area contributed by atoms with Gasteiger partial charge in [-0.1, -0.05) is 139 Å². The van der Waals surface area contributed by atoms with E-state index in [0.717, 1.165) is 51.4 Å². The van der Waals surface area contributed by atoms with Gasteiger partial charge in [-0.05, 0) is 63.9 Å². The lowest BCUT2D eigenvalue weighted by Gasteiger charge is -2.28. The van der Waals surface area contributed by atoms with Gasteiger partial charge in [0.25, 0.3) is 7.82 Å². The molecule has 0 radical (unpaired) electrons. The van der Waals surface area contributed by atoms with Gasteiger partial charge in [-0.3, -0.25) is 9.36 Å². The van der Waals surface area contributed by atoms with Crippen LogP contribution < -0.4 is 4.89 Å². The van der Waals surface area contributed by atoms with Crippen LogP contribution >= 0.6 is 7.82 Å². The third-order valence-corrected chi connectivity index (χ3v) is 10.1. The Bertz CT molecular complexity index is 1210. The van der Waals surface area contributed by atoms with Gasteiger partial charge >= 0.3 is 5.97 Å². The van der Waals surface area contributed by atoms with Crippen molar-refractivity contribution >= 4 is 13.8 Å². The van der Waals surface area contributed by atoms with Crippen LogP contribution in [0, 0.1) is 0 Å². The van der Waals surface area contributed by atoms with Gasteiger partial charge < -0.3 is 43.2 Å². The van der Waals surface area contributed by atoms with E-state index in [0.29, 0.717) is 11.0 Å². The summed E-state index contributed by atoms with van der Waals surface area (Å²) in [6.45, 7) is 4.19. The van der Waals surface area contributed by atoms with Gasteiger partial charge in [-0.25, -0.2) is 0 Å². The van der Waals surface area contributed by atoms with E-state index >= 15 is 0 Å². The van der Waals surface area contributed by atoms with E-state index in [-0.39, 0.29) is 32.5 Å². The Labute approximate surface area is 352 Å². The van der Waals surface area contributed by atoms with Crippen molar-refractivity contribution in [3.05, 3.63) is 73.1 Å². The van der Waals surface area contributed by atoms with Gasteiger partial charge in [0.1, 0.15) is 19.8 Å². The standard InChI is InChI=1S/C46H82NO10P/c1-6-8-10-11-12-13-14-15-16-17-18-19-20-23-26-30-38-54-40-43(41-56-58(52,53)55-39-37-47(3,4)5)57-46(51)36-31-35-45(50)44(49)34-29-25-22-21-24-28-33-42(48)32-27-9-7-2/h15-16,21-22,24-25,28-30,33-34,38,42-45,48-50H,6-14,17-20,23,26-27,31-32,35-37,39-41H2,1-5H3/b16-15-,24-21-,25-22+,33-28+,34-29+,38-30+/t42-,43+,44-,45-/m0/s1. The molecule has 0 aromatic heterocycles. The number of hydrogen-bond donors (Lipinski definition) is 3. The number of aliphatic hydroxyl groups is 3. The number of aliphatic hydroxyl groups excluding tert-OH is 3. The molecule has 0 spiro atoms. The van der Waals surface area contributed by atoms with Crippen molar-refractivity contribution in [2.75, 3.05) is 47.5 Å². The molecule has 58 heavy (non-hydrogen) atoms. The number of quaternary nitrogens is 1. The highest BCUT2D eigenvalue weighted by Crippen LogP contribution is 2.38. The summed E-state index contributed by atoms with van der Waals surface area (Å²) in [6.07, 6.45) is 38.0. The van der Waals surface area contributed by atoms with Crippen molar-refractivity contribution in [3.63, 3.8) is 0 Å². The first-order valence-electron chi connectivity index (χ1n) is 22.0. The minimum Gasteiger partial charge on any atom is -0.756 e. The second-order valence-electron chi connectivity index (χ2n) is 16.0. The lowest BCUT2D eigenvalue weighted by molar-refractivity contribution is -0.870. The van der Waals surface area contributed by atoms with Gasteiger partial charge in [0.15, 0.2) is 6.10 Å². The first-order valence-corrected chi connectivity index (χ1v) is 23.5. The van der Waals surface area contributed by atoms with Gasteiger partial charge in [0.2, 0.25) is 0 Å².